The van der Waals surface area contributed by atoms with Crippen molar-refractivity contribution < 1.29 is 0 Å². The van der Waals surface area contributed by atoms with Crippen LogP contribution in [0, 0.1) is 0 Å². The van der Waals surface area contributed by atoms with Gasteiger partial charge in [-0.2, -0.15) is 0 Å². The van der Waals surface area contributed by atoms with E-state index in [2.05, 4.69) is 27.8 Å². The first kappa shape index (κ1) is 10.8. The van der Waals surface area contributed by atoms with Crippen LogP contribution in [0.15, 0.2) is 11.5 Å². The van der Waals surface area contributed by atoms with Crippen molar-refractivity contribution in [3.05, 3.63) is 22.5 Å². The van der Waals surface area contributed by atoms with E-state index in [1.54, 1.807) is 15.5 Å². The molecule has 0 saturated heterocycles. The summed E-state index contributed by atoms with van der Waals surface area (Å²) in [6.45, 7) is 0.461. The van der Waals surface area contributed by atoms with Crippen LogP contribution in [0.4, 0.5) is 0 Å². The van der Waals surface area contributed by atoms with Crippen molar-refractivity contribution in [2.75, 3.05) is 0 Å². The number of nitrogens with zero attached hydrogens (tertiary/aromatic N) is 5. The van der Waals surface area contributed by atoms with Crippen LogP contribution < -0.4 is 0 Å². The smallest absolute Gasteiger partial charge is 0.187 e. The summed E-state index contributed by atoms with van der Waals surface area (Å²) in [5.41, 5.74) is 0. The minimum atomic E-state index is 0.282. The van der Waals surface area contributed by atoms with E-state index in [1.165, 1.54) is 0 Å². The molecule has 0 N–H and O–H groups in total. The lowest BCUT2D eigenvalue weighted by Gasteiger charge is -2.03. The minimum Gasteiger partial charge on any atom is -0.313 e. The second-order valence-corrected chi connectivity index (χ2v) is 4.05. The van der Waals surface area contributed by atoms with Gasteiger partial charge in [-0.1, -0.05) is 23.2 Å². The molecule has 0 amide bonds. The topological polar surface area (TPSA) is 48.5 Å². The summed E-state index contributed by atoms with van der Waals surface area (Å²) in [6, 6.07) is 0. The molecule has 0 aromatic carbocycles. The van der Waals surface area contributed by atoms with Gasteiger partial charge >= 0.3 is 0 Å². The first-order chi connectivity index (χ1) is 7.09. The third-order valence-electron chi connectivity index (χ3n) is 1.99. The normalized spacial score (nSPS) is 10.9. The Labute approximate surface area is 101 Å². The van der Waals surface area contributed by atoms with E-state index < -0.39 is 0 Å². The Hall–Kier alpha value is -0.720. The lowest BCUT2D eigenvalue weighted by atomic mass is 10.6. The van der Waals surface area contributed by atoms with Crippen LogP contribution in [0.5, 0.6) is 0 Å². The molecule has 0 unspecified atom stereocenters. The van der Waals surface area contributed by atoms with E-state index in [9.17, 15) is 0 Å². The van der Waals surface area contributed by atoms with Gasteiger partial charge in [-0.15, -0.1) is 22.8 Å². The van der Waals surface area contributed by atoms with Crippen LogP contribution in [0.25, 0.3) is 0 Å². The molecule has 2 heterocycles. The molecule has 5 nitrogen and oxygen atoms in total. The van der Waals surface area contributed by atoms with Gasteiger partial charge in [-0.3, -0.25) is 0 Å². The zero-order valence-corrected chi connectivity index (χ0v) is 10.1. The second-order valence-electron chi connectivity index (χ2n) is 2.93. The van der Waals surface area contributed by atoms with Crippen LogP contribution >= 0.6 is 35.8 Å². The molecule has 2 aromatic heterocycles. The number of rotatable bonds is 2. The van der Waals surface area contributed by atoms with E-state index in [0.717, 1.165) is 5.82 Å². The molecule has 0 radical (unpaired) electrons. The average Bonchev–Trinajstić information content (AvgIpc) is 2.68. The van der Waals surface area contributed by atoms with Gasteiger partial charge in [-0.25, -0.2) is 4.98 Å². The summed E-state index contributed by atoms with van der Waals surface area (Å²) in [7, 11) is 1.82. The van der Waals surface area contributed by atoms with Gasteiger partial charge in [0.2, 0.25) is 0 Å². The molecular weight excluding hydrogens is 257 g/mol. The van der Waals surface area contributed by atoms with E-state index in [1.807, 2.05) is 7.05 Å². The van der Waals surface area contributed by atoms with Gasteiger partial charge in [0, 0.05) is 7.05 Å². The first-order valence-corrected chi connectivity index (χ1v) is 5.23. The molecule has 0 aliphatic heterocycles. The number of hydrogen-bond donors (Lipinski definition) is 1. The highest BCUT2D eigenvalue weighted by molar-refractivity contribution is 7.80. The zero-order valence-electron chi connectivity index (χ0n) is 7.72. The highest BCUT2D eigenvalue weighted by atomic mass is 35.5. The molecule has 8 heteroatoms. The summed E-state index contributed by atoms with van der Waals surface area (Å²) in [4.78, 5) is 3.87. The summed E-state index contributed by atoms with van der Waals surface area (Å²) in [5.74, 6) is 0.732. The van der Waals surface area contributed by atoms with Crippen LogP contribution in [0.2, 0.25) is 10.3 Å². The monoisotopic (exact) mass is 263 g/mol. The van der Waals surface area contributed by atoms with Gasteiger partial charge in [0.1, 0.15) is 5.15 Å². The summed E-state index contributed by atoms with van der Waals surface area (Å²) < 4.78 is 3.44. The number of imidazole rings is 1. The summed E-state index contributed by atoms with van der Waals surface area (Å²) in [5, 5.41) is 8.98. The second kappa shape index (κ2) is 4.03. The van der Waals surface area contributed by atoms with Crippen molar-refractivity contribution >= 4 is 35.8 Å². The molecule has 0 fully saturated rings. The Bertz CT molecular complexity index is 447. The fraction of sp³-hybridized carbons (Fsp3) is 0.286. The molecule has 2 rings (SSSR count). The van der Waals surface area contributed by atoms with Gasteiger partial charge in [-0.05, 0) is 0 Å². The highest BCUT2D eigenvalue weighted by Crippen LogP contribution is 2.20. The SMILES string of the molecule is Cn1c(S)nnc1Cn1cnc(Cl)c1Cl. The van der Waals surface area contributed by atoms with Gasteiger partial charge < -0.3 is 9.13 Å². The predicted molar refractivity (Wildman–Crippen MR) is 59.6 cm³/mol. The molecule has 0 atom stereocenters. The molecule has 0 aliphatic carbocycles. The quantitative estimate of drug-likeness (QED) is 0.839. The fourth-order valence-electron chi connectivity index (χ4n) is 1.10. The maximum absolute atomic E-state index is 5.91. The number of halogens is 2. The van der Waals surface area contributed by atoms with E-state index in [0.29, 0.717) is 16.9 Å². The molecule has 80 valence electrons. The number of aromatic nitrogens is 5. The van der Waals surface area contributed by atoms with Crippen LogP contribution in [-0.2, 0) is 13.6 Å². The zero-order chi connectivity index (χ0) is 11.0. The highest BCUT2D eigenvalue weighted by Gasteiger charge is 2.10. The van der Waals surface area contributed by atoms with Crippen LogP contribution in [0.3, 0.4) is 0 Å². The van der Waals surface area contributed by atoms with E-state index >= 15 is 0 Å². The Morgan fingerprint density at radius 1 is 1.40 bits per heavy atom. The lowest BCUT2D eigenvalue weighted by Crippen LogP contribution is -2.05. The molecular formula is C7H7Cl2N5S. The van der Waals surface area contributed by atoms with Crippen LogP contribution in [-0.4, -0.2) is 24.3 Å². The molecule has 0 bridgehead atoms. The maximum atomic E-state index is 5.91. The largest absolute Gasteiger partial charge is 0.313 e. The minimum absolute atomic E-state index is 0.282. The van der Waals surface area contributed by atoms with Crippen LogP contribution in [0.1, 0.15) is 5.82 Å². The van der Waals surface area contributed by atoms with Crippen molar-refractivity contribution in [3.8, 4) is 0 Å². The standard InChI is InChI=1S/C7H7Cl2N5S/c1-13-4(11-12-7(13)15)2-14-3-10-5(8)6(14)9/h3H,2H2,1H3,(H,12,15). The lowest BCUT2D eigenvalue weighted by molar-refractivity contribution is 0.676. The van der Waals surface area contributed by atoms with Gasteiger partial charge in [0.25, 0.3) is 0 Å². The third kappa shape index (κ3) is 1.97. The van der Waals surface area contributed by atoms with Gasteiger partial charge in [0.15, 0.2) is 16.1 Å². The third-order valence-corrected chi connectivity index (χ3v) is 3.15. The van der Waals surface area contributed by atoms with Crippen molar-refractivity contribution in [1.29, 1.82) is 0 Å². The Balaban J connectivity index is 2.29. The van der Waals surface area contributed by atoms with Crippen molar-refractivity contribution in [2.45, 2.75) is 11.7 Å². The first-order valence-electron chi connectivity index (χ1n) is 4.03. The summed E-state index contributed by atoms with van der Waals surface area (Å²) in [6.07, 6.45) is 1.55. The Morgan fingerprint density at radius 2 is 2.13 bits per heavy atom. The molecule has 0 saturated carbocycles. The molecule has 0 spiro atoms. The van der Waals surface area contributed by atoms with Gasteiger partial charge in [0.05, 0.1) is 12.9 Å². The molecule has 2 aromatic rings. The fourth-order valence-corrected chi connectivity index (χ4v) is 1.56. The average molecular weight is 264 g/mol. The Kier molecular flexibility index (Phi) is 2.90. The van der Waals surface area contributed by atoms with Crippen molar-refractivity contribution in [2.24, 2.45) is 7.05 Å². The maximum Gasteiger partial charge on any atom is 0.187 e. The summed E-state index contributed by atoms with van der Waals surface area (Å²) >= 11 is 15.8. The molecule has 15 heavy (non-hydrogen) atoms. The van der Waals surface area contributed by atoms with E-state index in [4.69, 9.17) is 23.2 Å². The number of hydrogen-bond acceptors (Lipinski definition) is 4. The van der Waals surface area contributed by atoms with Crippen molar-refractivity contribution in [3.63, 3.8) is 0 Å². The Morgan fingerprint density at radius 3 is 2.60 bits per heavy atom. The predicted octanol–water partition coefficient (Wildman–Crippen LogP) is 1.66. The van der Waals surface area contributed by atoms with Crippen molar-refractivity contribution in [1.82, 2.24) is 24.3 Å². The molecule has 0 aliphatic rings. The number of thiol groups is 1. The van der Waals surface area contributed by atoms with E-state index in [-0.39, 0.29) is 5.15 Å².